The van der Waals surface area contributed by atoms with Gasteiger partial charge in [-0.3, -0.25) is 0 Å². The first kappa shape index (κ1) is 17.8. The van der Waals surface area contributed by atoms with Crippen LogP contribution in [0.25, 0.3) is 0 Å². The van der Waals surface area contributed by atoms with Crippen molar-refractivity contribution in [1.82, 2.24) is 0 Å². The second kappa shape index (κ2) is 9.64. The Morgan fingerprint density at radius 1 is 1.10 bits per heavy atom. The quantitative estimate of drug-likeness (QED) is 0.580. The fourth-order valence-corrected chi connectivity index (χ4v) is 2.39. The molecule has 0 aliphatic heterocycles. The van der Waals surface area contributed by atoms with Gasteiger partial charge in [0.15, 0.2) is 11.5 Å². The van der Waals surface area contributed by atoms with Crippen LogP contribution >= 0.6 is 0 Å². The second-order valence-electron chi connectivity index (χ2n) is 5.58. The highest BCUT2D eigenvalue weighted by atomic mass is 16.5. The van der Waals surface area contributed by atoms with Gasteiger partial charge >= 0.3 is 0 Å². The first-order chi connectivity index (χ1) is 10.1. The number of benzene rings is 1. The molecule has 0 saturated heterocycles. The minimum Gasteiger partial charge on any atom is -0.504 e. The fraction of sp³-hybridized carbons (Fsp3) is 0.647. The number of aliphatic hydroxyl groups is 2. The van der Waals surface area contributed by atoms with Crippen molar-refractivity contribution < 1.29 is 20.1 Å². The molecule has 0 spiro atoms. The van der Waals surface area contributed by atoms with Crippen LogP contribution in [-0.4, -0.2) is 34.6 Å². The van der Waals surface area contributed by atoms with Gasteiger partial charge in [0, 0.05) is 0 Å². The molecule has 0 fully saturated rings. The van der Waals surface area contributed by atoms with Gasteiger partial charge < -0.3 is 20.1 Å². The molecule has 1 rings (SSSR count). The Hall–Kier alpha value is -1.26. The van der Waals surface area contributed by atoms with E-state index in [1.165, 1.54) is 7.11 Å². The Kier molecular flexibility index (Phi) is 8.16. The molecule has 0 heterocycles. The van der Waals surface area contributed by atoms with Crippen molar-refractivity contribution in [2.24, 2.45) is 0 Å². The number of aromatic hydroxyl groups is 1. The van der Waals surface area contributed by atoms with Gasteiger partial charge in [0.25, 0.3) is 0 Å². The molecule has 4 nitrogen and oxygen atoms in total. The van der Waals surface area contributed by atoms with Crippen molar-refractivity contribution in [2.75, 3.05) is 7.11 Å². The van der Waals surface area contributed by atoms with Gasteiger partial charge in [-0.1, -0.05) is 32.3 Å². The smallest absolute Gasteiger partial charge is 0.160 e. The molecule has 1 aromatic carbocycles. The monoisotopic (exact) mass is 296 g/mol. The number of rotatable bonds is 10. The van der Waals surface area contributed by atoms with E-state index in [0.29, 0.717) is 25.0 Å². The van der Waals surface area contributed by atoms with Gasteiger partial charge in [-0.05, 0) is 43.4 Å². The number of unbranched alkanes of at least 4 members (excludes halogenated alkanes) is 2. The minimum atomic E-state index is -0.499. The van der Waals surface area contributed by atoms with E-state index in [-0.39, 0.29) is 5.75 Å². The Morgan fingerprint density at radius 3 is 2.48 bits per heavy atom. The summed E-state index contributed by atoms with van der Waals surface area (Å²) in [5.74, 6) is 0.565. The Morgan fingerprint density at radius 2 is 1.81 bits per heavy atom. The number of phenols is 1. The van der Waals surface area contributed by atoms with Crippen molar-refractivity contribution >= 4 is 0 Å². The van der Waals surface area contributed by atoms with E-state index in [0.717, 1.165) is 31.2 Å². The molecule has 2 atom stereocenters. The zero-order chi connectivity index (χ0) is 15.7. The number of aryl methyl sites for hydroxylation is 1. The van der Waals surface area contributed by atoms with Gasteiger partial charge in [-0.15, -0.1) is 0 Å². The number of ether oxygens (including phenoxy) is 1. The van der Waals surface area contributed by atoms with Crippen LogP contribution in [0.15, 0.2) is 18.2 Å². The van der Waals surface area contributed by atoms with Crippen molar-refractivity contribution in [2.45, 2.75) is 64.1 Å². The summed E-state index contributed by atoms with van der Waals surface area (Å²) < 4.78 is 5.06. The summed E-state index contributed by atoms with van der Waals surface area (Å²) in [5.41, 5.74) is 1.00. The van der Waals surface area contributed by atoms with E-state index in [2.05, 4.69) is 6.92 Å². The lowest BCUT2D eigenvalue weighted by atomic mass is 10.00. The normalized spacial score (nSPS) is 13.9. The molecule has 0 saturated carbocycles. The second-order valence-corrected chi connectivity index (χ2v) is 5.58. The summed E-state index contributed by atoms with van der Waals surface area (Å²) in [4.78, 5) is 0. The number of methoxy groups -OCH3 is 1. The first-order valence-corrected chi connectivity index (χ1v) is 7.78. The summed E-state index contributed by atoms with van der Waals surface area (Å²) in [5, 5.41) is 29.4. The van der Waals surface area contributed by atoms with Crippen LogP contribution in [0.4, 0.5) is 0 Å². The van der Waals surface area contributed by atoms with E-state index in [1.807, 2.05) is 6.07 Å². The maximum absolute atomic E-state index is 9.98. The first-order valence-electron chi connectivity index (χ1n) is 7.78. The SMILES string of the molecule is CCCCC[C@H](O)C[C@H](O)CCc1ccc(O)c(OC)c1. The van der Waals surface area contributed by atoms with E-state index in [1.54, 1.807) is 12.1 Å². The molecule has 0 bridgehead atoms. The topological polar surface area (TPSA) is 69.9 Å². The van der Waals surface area contributed by atoms with Crippen LogP contribution in [0.1, 0.15) is 51.0 Å². The third kappa shape index (κ3) is 6.82. The van der Waals surface area contributed by atoms with Crippen molar-refractivity contribution in [3.05, 3.63) is 23.8 Å². The Bertz CT molecular complexity index is 406. The van der Waals surface area contributed by atoms with Gasteiger partial charge in [0.05, 0.1) is 19.3 Å². The average molecular weight is 296 g/mol. The molecular weight excluding hydrogens is 268 g/mol. The Labute approximate surface area is 127 Å². The largest absolute Gasteiger partial charge is 0.504 e. The van der Waals surface area contributed by atoms with Crippen LogP contribution in [-0.2, 0) is 6.42 Å². The van der Waals surface area contributed by atoms with E-state index in [4.69, 9.17) is 4.74 Å². The highest BCUT2D eigenvalue weighted by Crippen LogP contribution is 2.27. The van der Waals surface area contributed by atoms with Crippen molar-refractivity contribution in [3.8, 4) is 11.5 Å². The lowest BCUT2D eigenvalue weighted by molar-refractivity contribution is 0.0698. The van der Waals surface area contributed by atoms with Gasteiger partial charge in [-0.25, -0.2) is 0 Å². The Balaban J connectivity index is 2.33. The lowest BCUT2D eigenvalue weighted by Crippen LogP contribution is -2.18. The summed E-state index contributed by atoms with van der Waals surface area (Å²) in [6, 6.07) is 5.20. The van der Waals surface area contributed by atoms with E-state index >= 15 is 0 Å². The van der Waals surface area contributed by atoms with Crippen molar-refractivity contribution in [1.29, 1.82) is 0 Å². The molecule has 1 aromatic rings. The minimum absolute atomic E-state index is 0.119. The molecule has 0 aliphatic carbocycles. The summed E-state index contributed by atoms with van der Waals surface area (Å²) in [6.07, 6.45) is 4.84. The summed E-state index contributed by atoms with van der Waals surface area (Å²) in [7, 11) is 1.51. The number of hydrogen-bond acceptors (Lipinski definition) is 4. The highest BCUT2D eigenvalue weighted by molar-refractivity contribution is 5.41. The van der Waals surface area contributed by atoms with Gasteiger partial charge in [0.2, 0.25) is 0 Å². The maximum atomic E-state index is 9.98. The van der Waals surface area contributed by atoms with E-state index in [9.17, 15) is 15.3 Å². The van der Waals surface area contributed by atoms with Crippen LogP contribution in [0.3, 0.4) is 0 Å². The molecule has 3 N–H and O–H groups in total. The predicted molar refractivity (Wildman–Crippen MR) is 83.8 cm³/mol. The fourth-order valence-electron chi connectivity index (χ4n) is 2.39. The summed E-state index contributed by atoms with van der Waals surface area (Å²) in [6.45, 7) is 2.13. The van der Waals surface area contributed by atoms with Crippen molar-refractivity contribution in [3.63, 3.8) is 0 Å². The zero-order valence-corrected chi connectivity index (χ0v) is 13.1. The molecule has 4 heteroatoms. The average Bonchev–Trinajstić information content (AvgIpc) is 2.46. The summed E-state index contributed by atoms with van der Waals surface area (Å²) >= 11 is 0. The molecule has 0 radical (unpaired) electrons. The van der Waals surface area contributed by atoms with E-state index < -0.39 is 12.2 Å². The third-order valence-electron chi connectivity index (χ3n) is 3.70. The molecule has 0 aromatic heterocycles. The van der Waals surface area contributed by atoms with Crippen LogP contribution < -0.4 is 4.74 Å². The third-order valence-corrected chi connectivity index (χ3v) is 3.70. The maximum Gasteiger partial charge on any atom is 0.160 e. The highest BCUT2D eigenvalue weighted by Gasteiger charge is 2.12. The number of phenolic OH excluding ortho intramolecular Hbond substituents is 1. The molecule has 120 valence electrons. The molecule has 0 unspecified atom stereocenters. The van der Waals surface area contributed by atoms with Crippen LogP contribution in [0, 0.1) is 0 Å². The van der Waals surface area contributed by atoms with Crippen LogP contribution in [0.5, 0.6) is 11.5 Å². The number of hydrogen-bond donors (Lipinski definition) is 3. The van der Waals surface area contributed by atoms with Gasteiger partial charge in [0.1, 0.15) is 0 Å². The standard InChI is InChI=1S/C17H28O4/c1-3-4-5-6-14(18)12-15(19)9-7-13-8-10-16(20)17(11-13)21-2/h8,10-11,14-15,18-20H,3-7,9,12H2,1-2H3/t14-,15+/m0/s1. The zero-order valence-electron chi connectivity index (χ0n) is 13.1. The molecule has 0 amide bonds. The van der Waals surface area contributed by atoms with Crippen LogP contribution in [0.2, 0.25) is 0 Å². The lowest BCUT2D eigenvalue weighted by Gasteiger charge is -2.16. The molecule has 0 aliphatic rings. The van der Waals surface area contributed by atoms with Gasteiger partial charge in [-0.2, -0.15) is 0 Å². The number of aliphatic hydroxyl groups excluding tert-OH is 2. The molecular formula is C17H28O4. The molecule has 21 heavy (non-hydrogen) atoms. The predicted octanol–water partition coefficient (Wildman–Crippen LogP) is 3.03.